The topological polar surface area (TPSA) is 35.2 Å². The molecule has 0 unspecified atom stereocenters. The summed E-state index contributed by atoms with van der Waals surface area (Å²) in [4.78, 5) is 0. The zero-order valence-electron chi connectivity index (χ0n) is 8.87. The normalized spacial score (nSPS) is 11.5. The average Bonchev–Trinajstić information content (AvgIpc) is 2.31. The lowest BCUT2D eigenvalue weighted by Crippen LogP contribution is -2.03. The maximum absolute atomic E-state index is 12.2. The molecular formula is C12H16FNO. The van der Waals surface area contributed by atoms with Crippen LogP contribution in [0.1, 0.15) is 12.0 Å². The van der Waals surface area contributed by atoms with Crippen molar-refractivity contribution in [2.45, 2.75) is 12.8 Å². The zero-order chi connectivity index (χ0) is 11.1. The fourth-order valence-electron chi connectivity index (χ4n) is 1.33. The Balaban J connectivity index is 2.57. The van der Waals surface area contributed by atoms with Gasteiger partial charge in [0, 0.05) is 6.54 Å². The van der Waals surface area contributed by atoms with Gasteiger partial charge in [-0.2, -0.15) is 0 Å². The van der Waals surface area contributed by atoms with E-state index >= 15 is 0 Å². The lowest BCUT2D eigenvalue weighted by atomic mass is 10.1. The molecule has 3 heteroatoms. The number of hydrogen-bond acceptors (Lipinski definition) is 2. The van der Waals surface area contributed by atoms with Crippen molar-refractivity contribution in [3.05, 3.63) is 41.7 Å². The van der Waals surface area contributed by atoms with E-state index in [0.29, 0.717) is 18.3 Å². The predicted octanol–water partition coefficient (Wildman–Crippen LogP) is 2.44. The standard InChI is InChI=1S/C12H16FNO/c1-15-12-4-2-3-10(7-12)5-6-11(8-13)9-14/h2-4,7-8H,5-6,9,14H2,1H3/b11-8-. The number of hydrogen-bond donors (Lipinski definition) is 1. The van der Waals surface area contributed by atoms with Gasteiger partial charge in [-0.3, -0.25) is 0 Å². The minimum Gasteiger partial charge on any atom is -0.497 e. The minimum atomic E-state index is 0.278. The SMILES string of the molecule is COc1cccc(CC/C(=C/F)CN)c1. The van der Waals surface area contributed by atoms with E-state index in [0.717, 1.165) is 17.7 Å². The van der Waals surface area contributed by atoms with Gasteiger partial charge >= 0.3 is 0 Å². The summed E-state index contributed by atoms with van der Waals surface area (Å²) in [5.74, 6) is 0.825. The lowest BCUT2D eigenvalue weighted by molar-refractivity contribution is 0.414. The Labute approximate surface area is 89.6 Å². The predicted molar refractivity (Wildman–Crippen MR) is 59.6 cm³/mol. The molecule has 2 nitrogen and oxygen atoms in total. The number of rotatable bonds is 5. The van der Waals surface area contributed by atoms with Crippen LogP contribution >= 0.6 is 0 Å². The summed E-state index contributed by atoms with van der Waals surface area (Å²) in [6.07, 6.45) is 2.03. The van der Waals surface area contributed by atoms with Crippen LogP contribution in [0.5, 0.6) is 5.75 Å². The Bertz CT molecular complexity index is 336. The quantitative estimate of drug-likeness (QED) is 0.808. The van der Waals surface area contributed by atoms with Crippen LogP contribution in [0.3, 0.4) is 0 Å². The van der Waals surface area contributed by atoms with Crippen LogP contribution in [0.25, 0.3) is 0 Å². The van der Waals surface area contributed by atoms with Crippen LogP contribution in [0, 0.1) is 0 Å². The van der Waals surface area contributed by atoms with E-state index in [1.54, 1.807) is 7.11 Å². The van der Waals surface area contributed by atoms with E-state index in [4.69, 9.17) is 10.5 Å². The largest absolute Gasteiger partial charge is 0.497 e. The zero-order valence-corrected chi connectivity index (χ0v) is 8.87. The molecule has 2 N–H and O–H groups in total. The summed E-state index contributed by atoms with van der Waals surface area (Å²) < 4.78 is 17.3. The van der Waals surface area contributed by atoms with Crippen molar-refractivity contribution in [3.63, 3.8) is 0 Å². The fraction of sp³-hybridized carbons (Fsp3) is 0.333. The molecule has 1 aromatic rings. The van der Waals surface area contributed by atoms with E-state index in [1.807, 2.05) is 24.3 Å². The van der Waals surface area contributed by atoms with Crippen molar-refractivity contribution in [2.24, 2.45) is 5.73 Å². The van der Waals surface area contributed by atoms with Gasteiger partial charge < -0.3 is 10.5 Å². The van der Waals surface area contributed by atoms with Gasteiger partial charge in [0.15, 0.2) is 0 Å². The molecule has 15 heavy (non-hydrogen) atoms. The third-order valence-electron chi connectivity index (χ3n) is 2.29. The minimum absolute atomic E-state index is 0.278. The smallest absolute Gasteiger partial charge is 0.119 e. The number of aryl methyl sites for hydroxylation is 1. The van der Waals surface area contributed by atoms with Crippen LogP contribution in [0.4, 0.5) is 4.39 Å². The van der Waals surface area contributed by atoms with Crippen molar-refractivity contribution in [3.8, 4) is 5.75 Å². The molecule has 0 spiro atoms. The molecule has 0 bridgehead atoms. The van der Waals surface area contributed by atoms with Crippen LogP contribution in [0.15, 0.2) is 36.2 Å². The molecule has 82 valence electrons. The van der Waals surface area contributed by atoms with Crippen molar-refractivity contribution in [1.29, 1.82) is 0 Å². The van der Waals surface area contributed by atoms with Crippen molar-refractivity contribution < 1.29 is 9.13 Å². The third kappa shape index (κ3) is 3.72. The fourth-order valence-corrected chi connectivity index (χ4v) is 1.33. The molecule has 0 atom stereocenters. The average molecular weight is 209 g/mol. The monoisotopic (exact) mass is 209 g/mol. The number of nitrogens with two attached hydrogens (primary N) is 1. The highest BCUT2D eigenvalue weighted by Gasteiger charge is 1.99. The maximum Gasteiger partial charge on any atom is 0.119 e. The summed E-state index contributed by atoms with van der Waals surface area (Å²) in [5, 5.41) is 0. The molecule has 0 aliphatic heterocycles. The van der Waals surface area contributed by atoms with Gasteiger partial charge in [0.05, 0.1) is 13.4 Å². The Kier molecular flexibility index (Phi) is 4.84. The highest BCUT2D eigenvalue weighted by Crippen LogP contribution is 2.15. The van der Waals surface area contributed by atoms with Gasteiger partial charge in [-0.15, -0.1) is 0 Å². The van der Waals surface area contributed by atoms with E-state index in [-0.39, 0.29) is 6.54 Å². The van der Waals surface area contributed by atoms with Crippen molar-refractivity contribution in [2.75, 3.05) is 13.7 Å². The van der Waals surface area contributed by atoms with Crippen LogP contribution in [-0.4, -0.2) is 13.7 Å². The van der Waals surface area contributed by atoms with Gasteiger partial charge in [-0.25, -0.2) is 4.39 Å². The summed E-state index contributed by atoms with van der Waals surface area (Å²) >= 11 is 0. The van der Waals surface area contributed by atoms with E-state index in [9.17, 15) is 4.39 Å². The van der Waals surface area contributed by atoms with Crippen molar-refractivity contribution >= 4 is 0 Å². The Morgan fingerprint density at radius 2 is 2.33 bits per heavy atom. The number of benzene rings is 1. The molecule has 0 aliphatic rings. The first-order valence-electron chi connectivity index (χ1n) is 4.91. The Morgan fingerprint density at radius 3 is 2.93 bits per heavy atom. The Morgan fingerprint density at radius 1 is 1.53 bits per heavy atom. The first kappa shape index (κ1) is 11.7. The first-order chi connectivity index (χ1) is 7.30. The molecule has 0 aliphatic carbocycles. The van der Waals surface area contributed by atoms with E-state index in [1.165, 1.54) is 0 Å². The van der Waals surface area contributed by atoms with E-state index < -0.39 is 0 Å². The van der Waals surface area contributed by atoms with E-state index in [2.05, 4.69) is 0 Å². The highest BCUT2D eigenvalue weighted by molar-refractivity contribution is 5.28. The molecule has 0 radical (unpaired) electrons. The number of ether oxygens (including phenoxy) is 1. The number of halogens is 1. The Hall–Kier alpha value is -1.35. The van der Waals surface area contributed by atoms with Crippen LogP contribution < -0.4 is 10.5 Å². The molecule has 0 fully saturated rings. The molecule has 0 saturated heterocycles. The van der Waals surface area contributed by atoms with Crippen LogP contribution in [0.2, 0.25) is 0 Å². The van der Waals surface area contributed by atoms with Gasteiger partial charge in [0.2, 0.25) is 0 Å². The van der Waals surface area contributed by atoms with Gasteiger partial charge in [-0.1, -0.05) is 12.1 Å². The second-order valence-electron chi connectivity index (χ2n) is 3.32. The summed E-state index contributed by atoms with van der Waals surface area (Å²) in [7, 11) is 1.63. The first-order valence-corrected chi connectivity index (χ1v) is 4.91. The lowest BCUT2D eigenvalue weighted by Gasteiger charge is -2.05. The van der Waals surface area contributed by atoms with Gasteiger partial charge in [0.1, 0.15) is 5.75 Å². The molecular weight excluding hydrogens is 193 g/mol. The molecule has 0 amide bonds. The van der Waals surface area contributed by atoms with Crippen LogP contribution in [-0.2, 0) is 6.42 Å². The second kappa shape index (κ2) is 6.19. The highest BCUT2D eigenvalue weighted by atomic mass is 19.1. The summed E-state index contributed by atoms with van der Waals surface area (Å²) in [5.41, 5.74) is 7.13. The van der Waals surface area contributed by atoms with Gasteiger partial charge in [0.25, 0.3) is 0 Å². The van der Waals surface area contributed by atoms with Crippen molar-refractivity contribution in [1.82, 2.24) is 0 Å². The number of methoxy groups -OCH3 is 1. The summed E-state index contributed by atoms with van der Waals surface area (Å²) in [6, 6.07) is 7.76. The molecule has 0 aromatic heterocycles. The third-order valence-corrected chi connectivity index (χ3v) is 2.29. The molecule has 1 aromatic carbocycles. The second-order valence-corrected chi connectivity index (χ2v) is 3.32. The molecule has 0 saturated carbocycles. The molecule has 0 heterocycles. The molecule has 1 rings (SSSR count). The maximum atomic E-state index is 12.2. The van der Waals surface area contributed by atoms with Gasteiger partial charge in [-0.05, 0) is 36.1 Å². The summed E-state index contributed by atoms with van der Waals surface area (Å²) in [6.45, 7) is 0.278.